The lowest BCUT2D eigenvalue weighted by Crippen LogP contribution is -2.46. The minimum atomic E-state index is 0.247. The molecule has 3 N–H and O–H groups in total. The van der Waals surface area contributed by atoms with Crippen LogP contribution >= 0.6 is 0 Å². The molecule has 0 saturated carbocycles. The van der Waals surface area contributed by atoms with Gasteiger partial charge in [0.15, 0.2) is 0 Å². The Morgan fingerprint density at radius 3 is 3.14 bits per heavy atom. The Labute approximate surface area is 126 Å². The minimum Gasteiger partial charge on any atom is -0.381 e. The summed E-state index contributed by atoms with van der Waals surface area (Å²) in [6.45, 7) is 5.31. The smallest absolute Gasteiger partial charge is 0.0388 e. The summed E-state index contributed by atoms with van der Waals surface area (Å²) in [4.78, 5) is 6.63. The highest BCUT2D eigenvalue weighted by Gasteiger charge is 2.20. The van der Waals surface area contributed by atoms with Crippen LogP contribution in [0.4, 0.5) is 5.69 Å². The SMILES string of the molecule is CC(N)CN1CCCC(Nc2ccc3cnccc3c2)C1. The van der Waals surface area contributed by atoms with Crippen molar-refractivity contribution >= 4 is 16.5 Å². The molecule has 0 aliphatic carbocycles. The van der Waals surface area contributed by atoms with Gasteiger partial charge in [-0.05, 0) is 49.9 Å². The molecule has 1 aliphatic rings. The summed E-state index contributed by atoms with van der Waals surface area (Å²) in [6, 6.07) is 9.31. The van der Waals surface area contributed by atoms with Crippen LogP contribution in [0.15, 0.2) is 36.7 Å². The van der Waals surface area contributed by atoms with Gasteiger partial charge in [0.05, 0.1) is 0 Å². The summed E-state index contributed by atoms with van der Waals surface area (Å²) < 4.78 is 0. The number of nitrogens with two attached hydrogens (primary N) is 1. The lowest BCUT2D eigenvalue weighted by atomic mass is 10.0. The maximum absolute atomic E-state index is 5.92. The standard InChI is InChI=1S/C17H24N4/c1-13(18)11-21-8-2-3-17(12-21)20-16-5-4-15-10-19-7-6-14(15)9-16/h4-7,9-10,13,17,20H,2-3,8,11-12,18H2,1H3. The number of rotatable bonds is 4. The van der Waals surface area contributed by atoms with Crippen LogP contribution in [0.2, 0.25) is 0 Å². The number of piperidine rings is 1. The van der Waals surface area contributed by atoms with Gasteiger partial charge in [-0.2, -0.15) is 0 Å². The zero-order chi connectivity index (χ0) is 14.7. The molecule has 3 rings (SSSR count). The molecule has 1 aliphatic heterocycles. The van der Waals surface area contributed by atoms with Crippen molar-refractivity contribution in [3.8, 4) is 0 Å². The van der Waals surface area contributed by atoms with Crippen molar-refractivity contribution in [2.75, 3.05) is 25.0 Å². The van der Waals surface area contributed by atoms with Crippen LogP contribution in [0, 0.1) is 0 Å². The van der Waals surface area contributed by atoms with Crippen LogP contribution in [0.1, 0.15) is 19.8 Å². The van der Waals surface area contributed by atoms with Crippen molar-refractivity contribution in [2.24, 2.45) is 5.73 Å². The molecule has 2 heterocycles. The van der Waals surface area contributed by atoms with Crippen LogP contribution in [0.5, 0.6) is 0 Å². The molecule has 2 unspecified atom stereocenters. The second-order valence-corrected chi connectivity index (χ2v) is 6.16. The van der Waals surface area contributed by atoms with E-state index in [1.165, 1.54) is 35.8 Å². The number of benzene rings is 1. The van der Waals surface area contributed by atoms with Crippen LogP contribution in [-0.4, -0.2) is 41.6 Å². The van der Waals surface area contributed by atoms with E-state index in [1.807, 2.05) is 12.4 Å². The molecular formula is C17H24N4. The molecule has 2 atom stereocenters. The molecule has 1 aromatic carbocycles. The Balaban J connectivity index is 1.66. The normalized spacial score (nSPS) is 21.3. The van der Waals surface area contributed by atoms with Gasteiger partial charge in [0, 0.05) is 48.6 Å². The summed E-state index contributed by atoms with van der Waals surface area (Å²) in [7, 11) is 0. The number of nitrogens with one attached hydrogen (secondary N) is 1. The molecular weight excluding hydrogens is 260 g/mol. The van der Waals surface area contributed by atoms with Gasteiger partial charge in [0.2, 0.25) is 0 Å². The predicted molar refractivity (Wildman–Crippen MR) is 88.5 cm³/mol. The number of pyridine rings is 1. The van der Waals surface area contributed by atoms with E-state index in [0.29, 0.717) is 6.04 Å². The molecule has 0 amide bonds. The van der Waals surface area contributed by atoms with E-state index in [1.54, 1.807) is 0 Å². The van der Waals surface area contributed by atoms with Crippen molar-refractivity contribution < 1.29 is 0 Å². The summed E-state index contributed by atoms with van der Waals surface area (Å²) >= 11 is 0. The highest BCUT2D eigenvalue weighted by atomic mass is 15.2. The second kappa shape index (κ2) is 6.41. The van der Waals surface area contributed by atoms with E-state index in [-0.39, 0.29) is 6.04 Å². The Bertz CT molecular complexity index is 596. The third-order valence-electron chi connectivity index (χ3n) is 4.06. The largest absolute Gasteiger partial charge is 0.381 e. The van der Waals surface area contributed by atoms with Gasteiger partial charge < -0.3 is 11.1 Å². The van der Waals surface area contributed by atoms with E-state index in [0.717, 1.165) is 13.1 Å². The summed E-state index contributed by atoms with van der Waals surface area (Å²) in [5.41, 5.74) is 7.11. The van der Waals surface area contributed by atoms with Gasteiger partial charge in [-0.1, -0.05) is 6.07 Å². The predicted octanol–water partition coefficient (Wildman–Crippen LogP) is 2.46. The van der Waals surface area contributed by atoms with Crippen LogP contribution in [0.25, 0.3) is 10.8 Å². The molecule has 4 heteroatoms. The average Bonchev–Trinajstić information content (AvgIpc) is 2.47. The quantitative estimate of drug-likeness (QED) is 0.905. The molecule has 112 valence electrons. The van der Waals surface area contributed by atoms with Crippen molar-refractivity contribution in [3.05, 3.63) is 36.7 Å². The average molecular weight is 284 g/mol. The van der Waals surface area contributed by atoms with Gasteiger partial charge in [-0.25, -0.2) is 0 Å². The molecule has 21 heavy (non-hydrogen) atoms. The Kier molecular flexibility index (Phi) is 4.36. The minimum absolute atomic E-state index is 0.247. The molecule has 1 fully saturated rings. The first-order valence-electron chi connectivity index (χ1n) is 7.79. The lowest BCUT2D eigenvalue weighted by Gasteiger charge is -2.34. The monoisotopic (exact) mass is 284 g/mol. The maximum Gasteiger partial charge on any atom is 0.0388 e. The molecule has 0 spiro atoms. The third kappa shape index (κ3) is 3.71. The topological polar surface area (TPSA) is 54.2 Å². The number of aromatic nitrogens is 1. The van der Waals surface area contributed by atoms with Crippen molar-refractivity contribution in [1.82, 2.24) is 9.88 Å². The third-order valence-corrected chi connectivity index (χ3v) is 4.06. The fourth-order valence-corrected chi connectivity index (χ4v) is 3.16. The van der Waals surface area contributed by atoms with Crippen LogP contribution < -0.4 is 11.1 Å². The number of fused-ring (bicyclic) bond motifs is 1. The van der Waals surface area contributed by atoms with Gasteiger partial charge in [0.1, 0.15) is 0 Å². The summed E-state index contributed by atoms with van der Waals surface area (Å²) in [5, 5.41) is 6.09. The fourth-order valence-electron chi connectivity index (χ4n) is 3.16. The first-order valence-corrected chi connectivity index (χ1v) is 7.79. The molecule has 2 aromatic rings. The summed E-state index contributed by atoms with van der Waals surface area (Å²) in [5.74, 6) is 0. The molecule has 1 saturated heterocycles. The van der Waals surface area contributed by atoms with E-state index in [9.17, 15) is 0 Å². The van der Waals surface area contributed by atoms with Crippen molar-refractivity contribution in [2.45, 2.75) is 31.8 Å². The maximum atomic E-state index is 5.92. The number of anilines is 1. The molecule has 4 nitrogen and oxygen atoms in total. The van der Waals surface area contributed by atoms with E-state index in [4.69, 9.17) is 5.73 Å². The Morgan fingerprint density at radius 1 is 1.38 bits per heavy atom. The Morgan fingerprint density at radius 2 is 2.29 bits per heavy atom. The number of hydrogen-bond donors (Lipinski definition) is 2. The molecule has 0 radical (unpaired) electrons. The highest BCUT2D eigenvalue weighted by Crippen LogP contribution is 2.21. The molecule has 0 bridgehead atoms. The van der Waals surface area contributed by atoms with Crippen molar-refractivity contribution in [1.29, 1.82) is 0 Å². The van der Waals surface area contributed by atoms with Crippen LogP contribution in [-0.2, 0) is 0 Å². The number of hydrogen-bond acceptors (Lipinski definition) is 4. The highest BCUT2D eigenvalue weighted by molar-refractivity contribution is 5.84. The Hall–Kier alpha value is -1.65. The van der Waals surface area contributed by atoms with Gasteiger partial charge in [-0.3, -0.25) is 9.88 Å². The van der Waals surface area contributed by atoms with Gasteiger partial charge in [-0.15, -0.1) is 0 Å². The number of likely N-dealkylation sites (tertiary alicyclic amines) is 1. The molecule has 1 aromatic heterocycles. The summed E-state index contributed by atoms with van der Waals surface area (Å²) in [6.07, 6.45) is 6.22. The van der Waals surface area contributed by atoms with Crippen molar-refractivity contribution in [3.63, 3.8) is 0 Å². The van der Waals surface area contributed by atoms with E-state index >= 15 is 0 Å². The lowest BCUT2D eigenvalue weighted by molar-refractivity contribution is 0.208. The first kappa shape index (κ1) is 14.3. The number of nitrogens with zero attached hydrogens (tertiary/aromatic N) is 2. The van der Waals surface area contributed by atoms with Gasteiger partial charge in [0.25, 0.3) is 0 Å². The fraction of sp³-hybridized carbons (Fsp3) is 0.471. The van der Waals surface area contributed by atoms with Crippen LogP contribution in [0.3, 0.4) is 0 Å². The zero-order valence-corrected chi connectivity index (χ0v) is 12.6. The second-order valence-electron chi connectivity index (χ2n) is 6.16. The van der Waals surface area contributed by atoms with E-state index < -0.39 is 0 Å². The van der Waals surface area contributed by atoms with E-state index in [2.05, 4.69) is 46.4 Å². The zero-order valence-electron chi connectivity index (χ0n) is 12.6. The first-order chi connectivity index (χ1) is 10.2. The van der Waals surface area contributed by atoms with Gasteiger partial charge >= 0.3 is 0 Å².